The van der Waals surface area contributed by atoms with Crippen molar-refractivity contribution in [2.45, 2.75) is 26.1 Å². The number of fused-ring (bicyclic) bond motifs is 4. The van der Waals surface area contributed by atoms with Crippen molar-refractivity contribution < 1.29 is 4.79 Å². The lowest BCUT2D eigenvalue weighted by molar-refractivity contribution is -0.133. The van der Waals surface area contributed by atoms with E-state index in [4.69, 9.17) is 0 Å². The summed E-state index contributed by atoms with van der Waals surface area (Å²) in [7, 11) is 0. The van der Waals surface area contributed by atoms with Crippen LogP contribution in [0.3, 0.4) is 0 Å². The molecule has 5 heterocycles. The molecule has 0 fully saturated rings. The molecule has 0 spiro atoms. The summed E-state index contributed by atoms with van der Waals surface area (Å²) in [6, 6.07) is 13.7. The number of carbonyl (C=O) groups is 1. The number of thiophene rings is 2. The largest absolute Gasteiger partial charge is 0.352 e. The summed E-state index contributed by atoms with van der Waals surface area (Å²) in [5.74, 6) is 0.0878. The van der Waals surface area contributed by atoms with E-state index in [0.717, 1.165) is 16.9 Å². The van der Waals surface area contributed by atoms with E-state index >= 15 is 0 Å². The van der Waals surface area contributed by atoms with Crippen molar-refractivity contribution in [2.75, 3.05) is 6.54 Å². The average molecular weight is 478 g/mol. The summed E-state index contributed by atoms with van der Waals surface area (Å²) in [6.07, 6.45) is 0.790. The van der Waals surface area contributed by atoms with Crippen LogP contribution in [0.4, 0.5) is 0 Å². The van der Waals surface area contributed by atoms with Gasteiger partial charge in [-0.2, -0.15) is 0 Å². The molecule has 166 valence electrons. The first-order valence-corrected chi connectivity index (χ1v) is 12.3. The third-order valence-corrected chi connectivity index (χ3v) is 7.80. The topological polar surface area (TPSA) is 81.6 Å². The van der Waals surface area contributed by atoms with Crippen molar-refractivity contribution in [3.05, 3.63) is 90.1 Å². The monoisotopic (exact) mass is 477 g/mol. The minimum absolute atomic E-state index is 0.163. The molecule has 8 nitrogen and oxygen atoms in total. The van der Waals surface area contributed by atoms with E-state index < -0.39 is 5.69 Å². The van der Waals surface area contributed by atoms with Gasteiger partial charge in [0.15, 0.2) is 0 Å². The van der Waals surface area contributed by atoms with Crippen molar-refractivity contribution in [3.63, 3.8) is 0 Å². The van der Waals surface area contributed by atoms with Crippen LogP contribution in [0.2, 0.25) is 0 Å². The number of carbonyl (C=O) groups excluding carboxylic acids is 1. The molecule has 0 bridgehead atoms. The number of aromatic nitrogens is 4. The molecule has 0 aliphatic carbocycles. The number of amides is 1. The Morgan fingerprint density at radius 2 is 1.85 bits per heavy atom. The van der Waals surface area contributed by atoms with Crippen molar-refractivity contribution >= 4 is 44.6 Å². The highest BCUT2D eigenvalue weighted by atomic mass is 32.1. The molecular weight excluding hydrogens is 458 g/mol. The fourth-order valence-corrected chi connectivity index (χ4v) is 5.89. The molecule has 0 unspecified atom stereocenters. The smallest absolute Gasteiger partial charge is 0.336 e. The van der Waals surface area contributed by atoms with Gasteiger partial charge in [0.2, 0.25) is 11.7 Å². The SMILES string of the molecule is O=C(Cn1nc2n(Cc3cccs3)c(=O)c3sccc3n2c1=O)N1CCc2ccccc2C1. The zero-order valence-electron chi connectivity index (χ0n) is 17.5. The van der Waals surface area contributed by atoms with Gasteiger partial charge in [0.1, 0.15) is 11.2 Å². The summed E-state index contributed by atoms with van der Waals surface area (Å²) in [4.78, 5) is 42.3. The molecular formula is C23H19N5O3S2. The molecule has 0 saturated carbocycles. The van der Waals surface area contributed by atoms with Gasteiger partial charge in [0.25, 0.3) is 5.56 Å². The van der Waals surface area contributed by atoms with Crippen molar-refractivity contribution in [3.8, 4) is 0 Å². The lowest BCUT2D eigenvalue weighted by atomic mass is 10.00. The van der Waals surface area contributed by atoms with E-state index in [-0.39, 0.29) is 23.8 Å². The Labute approximate surface area is 195 Å². The molecule has 1 aliphatic heterocycles. The van der Waals surface area contributed by atoms with Gasteiger partial charge in [-0.3, -0.25) is 14.2 Å². The molecule has 0 saturated heterocycles. The Hall–Kier alpha value is -3.50. The molecule has 1 aliphatic rings. The molecule has 33 heavy (non-hydrogen) atoms. The van der Waals surface area contributed by atoms with Crippen LogP contribution in [0.15, 0.2) is 62.8 Å². The summed E-state index contributed by atoms with van der Waals surface area (Å²) in [5.41, 5.74) is 2.31. The maximum atomic E-state index is 13.3. The van der Waals surface area contributed by atoms with E-state index in [1.165, 1.54) is 41.9 Å². The Morgan fingerprint density at radius 1 is 1.00 bits per heavy atom. The van der Waals surface area contributed by atoms with Crippen LogP contribution in [0.1, 0.15) is 16.0 Å². The lowest BCUT2D eigenvalue weighted by Gasteiger charge is -2.28. The van der Waals surface area contributed by atoms with E-state index in [1.807, 2.05) is 35.7 Å². The molecule has 10 heteroatoms. The van der Waals surface area contributed by atoms with E-state index in [9.17, 15) is 14.4 Å². The third-order valence-electron chi connectivity index (χ3n) is 6.05. The van der Waals surface area contributed by atoms with Gasteiger partial charge in [-0.05, 0) is 40.4 Å². The van der Waals surface area contributed by atoms with E-state index in [1.54, 1.807) is 16.3 Å². The maximum absolute atomic E-state index is 13.3. The Bertz CT molecular complexity index is 1620. The first kappa shape index (κ1) is 20.1. The number of rotatable bonds is 4. The van der Waals surface area contributed by atoms with Crippen molar-refractivity contribution in [2.24, 2.45) is 0 Å². The molecule has 0 atom stereocenters. The predicted octanol–water partition coefficient (Wildman–Crippen LogP) is 2.57. The lowest BCUT2D eigenvalue weighted by Crippen LogP contribution is -2.39. The number of hydrogen-bond donors (Lipinski definition) is 0. The van der Waals surface area contributed by atoms with Crippen LogP contribution < -0.4 is 11.2 Å². The predicted molar refractivity (Wildman–Crippen MR) is 128 cm³/mol. The fraction of sp³-hybridized carbons (Fsp3) is 0.217. The van der Waals surface area contributed by atoms with Gasteiger partial charge in [-0.1, -0.05) is 30.3 Å². The molecule has 1 aromatic carbocycles. The molecule has 0 radical (unpaired) electrons. The zero-order valence-corrected chi connectivity index (χ0v) is 19.1. The molecule has 6 rings (SSSR count). The first-order chi connectivity index (χ1) is 16.1. The van der Waals surface area contributed by atoms with Crippen LogP contribution in [-0.2, 0) is 30.8 Å². The zero-order chi connectivity index (χ0) is 22.5. The summed E-state index contributed by atoms with van der Waals surface area (Å²) in [5, 5.41) is 8.19. The molecule has 5 aromatic rings. The van der Waals surface area contributed by atoms with Crippen molar-refractivity contribution in [1.29, 1.82) is 0 Å². The van der Waals surface area contributed by atoms with Gasteiger partial charge < -0.3 is 4.90 Å². The standard InChI is InChI=1S/C23H19N5O3S2/c29-19(25-9-7-15-4-1-2-5-16(15)12-25)14-27-23(31)28-18-8-11-33-20(18)21(30)26(22(28)24-27)13-17-6-3-10-32-17/h1-6,8,10-11H,7,9,12-14H2. The van der Waals surface area contributed by atoms with Gasteiger partial charge in [-0.15, -0.1) is 27.8 Å². The van der Waals surface area contributed by atoms with Gasteiger partial charge in [-0.25, -0.2) is 13.9 Å². The minimum atomic E-state index is -0.418. The van der Waals surface area contributed by atoms with E-state index in [2.05, 4.69) is 11.2 Å². The summed E-state index contributed by atoms with van der Waals surface area (Å²) in [6.45, 7) is 1.29. The Morgan fingerprint density at radius 3 is 2.67 bits per heavy atom. The second-order valence-corrected chi connectivity index (χ2v) is 9.96. The van der Waals surface area contributed by atoms with Crippen LogP contribution in [0.25, 0.3) is 16.0 Å². The molecule has 0 N–H and O–H groups in total. The summed E-state index contributed by atoms with van der Waals surface area (Å²) >= 11 is 2.84. The van der Waals surface area contributed by atoms with Gasteiger partial charge >= 0.3 is 5.69 Å². The van der Waals surface area contributed by atoms with Crippen molar-refractivity contribution in [1.82, 2.24) is 23.6 Å². The molecule has 1 amide bonds. The van der Waals surface area contributed by atoms with Crippen LogP contribution >= 0.6 is 22.7 Å². The number of benzene rings is 1. The highest BCUT2D eigenvalue weighted by Gasteiger charge is 2.24. The Kier molecular flexibility index (Phi) is 4.77. The fourth-order valence-electron chi connectivity index (χ4n) is 4.37. The van der Waals surface area contributed by atoms with Crippen LogP contribution in [0, 0.1) is 0 Å². The minimum Gasteiger partial charge on any atom is -0.336 e. The average Bonchev–Trinajstić information content (AvgIpc) is 3.58. The van der Waals surface area contributed by atoms with Crippen LogP contribution in [-0.4, -0.2) is 36.1 Å². The van der Waals surface area contributed by atoms with Gasteiger partial charge in [0.05, 0.1) is 12.1 Å². The highest BCUT2D eigenvalue weighted by molar-refractivity contribution is 7.17. The van der Waals surface area contributed by atoms with Crippen LogP contribution in [0.5, 0.6) is 0 Å². The second-order valence-electron chi connectivity index (χ2n) is 8.02. The quantitative estimate of drug-likeness (QED) is 0.398. The third kappa shape index (κ3) is 3.33. The second kappa shape index (κ2) is 7.82. The van der Waals surface area contributed by atoms with E-state index in [0.29, 0.717) is 29.9 Å². The number of nitrogens with zero attached hydrogens (tertiary/aromatic N) is 5. The summed E-state index contributed by atoms with van der Waals surface area (Å²) < 4.78 is 4.64. The maximum Gasteiger partial charge on any atom is 0.352 e. The normalized spacial score (nSPS) is 13.6. The Balaban J connectivity index is 1.40. The van der Waals surface area contributed by atoms with Gasteiger partial charge in [0, 0.05) is 18.0 Å². The molecule has 4 aromatic heterocycles. The number of hydrogen-bond acceptors (Lipinski definition) is 6. The highest BCUT2D eigenvalue weighted by Crippen LogP contribution is 2.20. The first-order valence-electron chi connectivity index (χ1n) is 10.6.